The molecule has 3 heteroatoms. The van der Waals surface area contributed by atoms with Gasteiger partial charge in [0.15, 0.2) is 0 Å². The van der Waals surface area contributed by atoms with Crippen molar-refractivity contribution in [3.05, 3.63) is 0 Å². The number of nitrogens with zero attached hydrogens (tertiary/aromatic N) is 1. The quantitative estimate of drug-likeness (QED) is 0.632. The van der Waals surface area contributed by atoms with Gasteiger partial charge in [0.25, 0.3) is 0 Å². The molecular weight excluding hydrogens is 217 g/mol. The van der Waals surface area contributed by atoms with Gasteiger partial charge in [0.05, 0.1) is 0 Å². The number of rotatable bonds is 1. The van der Waals surface area contributed by atoms with Gasteiger partial charge < -0.3 is 0 Å². The molecule has 0 atom stereocenters. The molecule has 0 unspecified atom stereocenters. The van der Waals surface area contributed by atoms with E-state index in [-0.39, 0.29) is 0 Å². The molecule has 2 fully saturated rings. The molecule has 0 aromatic carbocycles. The Balaban J connectivity index is 1.86. The van der Waals surface area contributed by atoms with Gasteiger partial charge in [0, 0.05) is 0 Å². The molecular formula is C9H15NOSe. The second kappa shape index (κ2) is 4.29. The predicted molar refractivity (Wildman–Crippen MR) is 50.8 cm³/mol. The van der Waals surface area contributed by atoms with Crippen molar-refractivity contribution >= 4 is 19.8 Å². The summed E-state index contributed by atoms with van der Waals surface area (Å²) in [4.78, 5) is 5.75. The van der Waals surface area contributed by atoms with E-state index in [1.165, 1.54) is 37.4 Å². The van der Waals surface area contributed by atoms with Crippen molar-refractivity contribution < 1.29 is 4.74 Å². The van der Waals surface area contributed by atoms with Gasteiger partial charge in [0.1, 0.15) is 0 Å². The van der Waals surface area contributed by atoms with Crippen LogP contribution in [0.3, 0.4) is 0 Å². The minimum absolute atomic E-state index is 0.567. The third-order valence-electron chi connectivity index (χ3n) is 2.40. The van der Waals surface area contributed by atoms with E-state index in [4.69, 9.17) is 4.74 Å². The fraction of sp³-hybridized carbons (Fsp3) is 0.889. The van der Waals surface area contributed by atoms with Crippen LogP contribution in [-0.2, 0) is 4.74 Å². The van der Waals surface area contributed by atoms with E-state index in [2.05, 4.69) is 4.99 Å². The van der Waals surface area contributed by atoms with Gasteiger partial charge in [-0.25, -0.2) is 0 Å². The second-order valence-electron chi connectivity index (χ2n) is 3.38. The Kier molecular flexibility index (Phi) is 3.07. The van der Waals surface area contributed by atoms with Gasteiger partial charge in [-0.15, -0.1) is 0 Å². The second-order valence-corrected chi connectivity index (χ2v) is 5.58. The number of aliphatic imine (C=N–C) groups is 1. The monoisotopic (exact) mass is 233 g/mol. The van der Waals surface area contributed by atoms with E-state index in [0.29, 0.717) is 21.0 Å². The Morgan fingerprint density at radius 3 is 2.75 bits per heavy atom. The Hall–Kier alpha value is -0.0105. The molecule has 0 bridgehead atoms. The summed E-state index contributed by atoms with van der Waals surface area (Å²) >= 11 is 0.567. The van der Waals surface area contributed by atoms with Gasteiger partial charge in [-0.1, -0.05) is 0 Å². The van der Waals surface area contributed by atoms with E-state index >= 15 is 0 Å². The molecule has 2 rings (SSSR count). The summed E-state index contributed by atoms with van der Waals surface area (Å²) in [6.45, 7) is 0.922. The molecule has 68 valence electrons. The maximum atomic E-state index is 5.43. The molecule has 1 aliphatic carbocycles. The van der Waals surface area contributed by atoms with Crippen LogP contribution in [0.15, 0.2) is 4.99 Å². The molecule has 0 aromatic heterocycles. The Labute approximate surface area is 79.9 Å². The molecule has 2 aliphatic rings. The van der Waals surface area contributed by atoms with Crippen molar-refractivity contribution in [2.24, 2.45) is 4.99 Å². The first-order chi connectivity index (χ1) is 5.95. The average Bonchev–Trinajstić information content (AvgIpc) is 2.59. The van der Waals surface area contributed by atoms with E-state index in [0.717, 1.165) is 11.4 Å². The van der Waals surface area contributed by atoms with E-state index < -0.39 is 0 Å². The summed E-state index contributed by atoms with van der Waals surface area (Å²) in [6, 6.07) is 0.605. The van der Waals surface area contributed by atoms with E-state index in [1.54, 1.807) is 0 Å². The van der Waals surface area contributed by atoms with Crippen molar-refractivity contribution in [3.8, 4) is 0 Å². The van der Waals surface area contributed by atoms with Crippen LogP contribution in [0.25, 0.3) is 0 Å². The predicted octanol–water partition coefficient (Wildman–Crippen LogP) is 1.83. The SMILES string of the molecule is C1CCC(N=C2OCC[Se]2)CC1. The molecule has 1 heterocycles. The third kappa shape index (κ3) is 2.24. The summed E-state index contributed by atoms with van der Waals surface area (Å²) < 4.78 is 5.43. The van der Waals surface area contributed by atoms with Crippen LogP contribution < -0.4 is 0 Å². The maximum absolute atomic E-state index is 5.43. The number of hydrogen-bond acceptors (Lipinski definition) is 2. The van der Waals surface area contributed by atoms with Crippen LogP contribution in [0.2, 0.25) is 5.32 Å². The molecule has 0 spiro atoms. The molecule has 1 saturated carbocycles. The summed E-state index contributed by atoms with van der Waals surface area (Å²) in [6.07, 6.45) is 6.74. The Morgan fingerprint density at radius 1 is 1.25 bits per heavy atom. The average molecular weight is 232 g/mol. The zero-order chi connectivity index (χ0) is 8.23. The van der Waals surface area contributed by atoms with E-state index in [1.807, 2.05) is 0 Å². The number of hydrogen-bond donors (Lipinski definition) is 0. The van der Waals surface area contributed by atoms with Crippen LogP contribution in [0, 0.1) is 0 Å². The first-order valence-corrected chi connectivity index (χ1v) is 6.85. The molecule has 1 saturated heterocycles. The first kappa shape index (κ1) is 8.58. The summed E-state index contributed by atoms with van der Waals surface area (Å²) in [7, 11) is 0. The van der Waals surface area contributed by atoms with Crippen molar-refractivity contribution in [1.82, 2.24) is 0 Å². The van der Waals surface area contributed by atoms with Gasteiger partial charge >= 0.3 is 79.6 Å². The van der Waals surface area contributed by atoms with Crippen LogP contribution >= 0.6 is 0 Å². The van der Waals surface area contributed by atoms with Gasteiger partial charge in [0.2, 0.25) is 0 Å². The number of ether oxygens (including phenoxy) is 1. The fourth-order valence-electron chi connectivity index (χ4n) is 1.73. The van der Waals surface area contributed by atoms with Gasteiger partial charge in [-0.05, 0) is 0 Å². The van der Waals surface area contributed by atoms with E-state index in [9.17, 15) is 0 Å². The molecule has 0 amide bonds. The zero-order valence-corrected chi connectivity index (χ0v) is 9.00. The van der Waals surface area contributed by atoms with Crippen LogP contribution in [-0.4, -0.2) is 32.4 Å². The Morgan fingerprint density at radius 2 is 2.08 bits per heavy atom. The molecule has 2 nitrogen and oxygen atoms in total. The standard InChI is InChI=1S/C9H15NOSe/c1-2-4-8(5-3-1)10-9-11-6-7-12-9/h8H,1-7H2. The van der Waals surface area contributed by atoms with Crippen molar-refractivity contribution in [1.29, 1.82) is 0 Å². The molecule has 0 radical (unpaired) electrons. The molecule has 1 aliphatic heterocycles. The van der Waals surface area contributed by atoms with Crippen molar-refractivity contribution in [2.75, 3.05) is 6.61 Å². The van der Waals surface area contributed by atoms with Crippen molar-refractivity contribution in [3.63, 3.8) is 0 Å². The van der Waals surface area contributed by atoms with Crippen LogP contribution in [0.4, 0.5) is 0 Å². The molecule has 0 N–H and O–H groups in total. The van der Waals surface area contributed by atoms with Gasteiger partial charge in [-0.3, -0.25) is 0 Å². The third-order valence-corrected chi connectivity index (χ3v) is 4.16. The zero-order valence-electron chi connectivity index (χ0n) is 7.29. The molecule has 0 aromatic rings. The molecule has 12 heavy (non-hydrogen) atoms. The van der Waals surface area contributed by atoms with Crippen molar-refractivity contribution in [2.45, 2.75) is 43.5 Å². The van der Waals surface area contributed by atoms with Gasteiger partial charge in [-0.2, -0.15) is 0 Å². The summed E-state index contributed by atoms with van der Waals surface area (Å²) in [5.74, 6) is 0. The topological polar surface area (TPSA) is 21.6 Å². The summed E-state index contributed by atoms with van der Waals surface area (Å²) in [5, 5.41) is 1.23. The summed E-state index contributed by atoms with van der Waals surface area (Å²) in [5.41, 5.74) is 0. The Bertz CT molecular complexity index is 167. The van der Waals surface area contributed by atoms with Crippen LogP contribution in [0.1, 0.15) is 32.1 Å². The normalized spacial score (nSPS) is 29.2. The van der Waals surface area contributed by atoms with Crippen LogP contribution in [0.5, 0.6) is 0 Å². The first-order valence-electron chi connectivity index (χ1n) is 4.78. The fourth-order valence-corrected chi connectivity index (χ4v) is 3.27. The minimum atomic E-state index is 0.567.